The molecule has 5 heteroatoms. The molecule has 2 aromatic rings. The number of sulfone groups is 1. The molecule has 0 bridgehead atoms. The van der Waals surface area contributed by atoms with E-state index in [0.29, 0.717) is 5.82 Å². The first-order valence-electron chi connectivity index (χ1n) is 5.13. The van der Waals surface area contributed by atoms with Crippen molar-refractivity contribution in [3.63, 3.8) is 0 Å². The van der Waals surface area contributed by atoms with Gasteiger partial charge in [0.15, 0.2) is 9.84 Å². The van der Waals surface area contributed by atoms with Crippen molar-refractivity contribution < 1.29 is 8.42 Å². The zero-order valence-corrected chi connectivity index (χ0v) is 10.1. The second kappa shape index (κ2) is 3.90. The molecule has 0 aliphatic rings. The predicted octanol–water partition coefficient (Wildman–Crippen LogP) is 1.67. The van der Waals surface area contributed by atoms with E-state index in [1.54, 1.807) is 0 Å². The predicted molar refractivity (Wildman–Crippen MR) is 64.0 cm³/mol. The number of rotatable bonds is 3. The van der Waals surface area contributed by atoms with Crippen molar-refractivity contribution in [2.45, 2.75) is 19.1 Å². The van der Waals surface area contributed by atoms with E-state index in [1.807, 2.05) is 18.2 Å². The Morgan fingerprint density at radius 1 is 1.38 bits per heavy atom. The van der Waals surface area contributed by atoms with Crippen LogP contribution in [0.15, 0.2) is 18.2 Å². The van der Waals surface area contributed by atoms with E-state index in [1.165, 1.54) is 11.8 Å². The summed E-state index contributed by atoms with van der Waals surface area (Å²) in [6.45, 7) is 2.08. The van der Waals surface area contributed by atoms with Gasteiger partial charge in [0.1, 0.15) is 11.6 Å². The molecule has 86 valence electrons. The van der Waals surface area contributed by atoms with Gasteiger partial charge in [-0.25, -0.2) is 13.4 Å². The van der Waals surface area contributed by atoms with Gasteiger partial charge in [0.05, 0.1) is 11.0 Å². The number of aromatic amines is 1. The lowest BCUT2D eigenvalue weighted by Crippen LogP contribution is -2.01. The molecule has 0 aliphatic heterocycles. The molecule has 4 nitrogen and oxygen atoms in total. The Labute approximate surface area is 94.6 Å². The first kappa shape index (κ1) is 11.1. The zero-order valence-electron chi connectivity index (χ0n) is 9.32. The fourth-order valence-corrected chi connectivity index (χ4v) is 2.28. The summed E-state index contributed by atoms with van der Waals surface area (Å²) in [5.41, 5.74) is 2.93. The van der Waals surface area contributed by atoms with Crippen LogP contribution in [0.25, 0.3) is 11.0 Å². The number of fused-ring (bicyclic) bond motifs is 1. The number of nitrogens with zero attached hydrogens (tertiary/aromatic N) is 1. The molecular weight excluding hydrogens is 224 g/mol. The van der Waals surface area contributed by atoms with Gasteiger partial charge >= 0.3 is 0 Å². The number of imidazole rings is 1. The third-order valence-corrected chi connectivity index (χ3v) is 3.20. The molecule has 1 heterocycles. The summed E-state index contributed by atoms with van der Waals surface area (Å²) < 4.78 is 22.3. The maximum atomic E-state index is 11.1. The molecule has 0 amide bonds. The van der Waals surface area contributed by atoms with E-state index in [0.717, 1.165) is 17.5 Å². The standard InChI is InChI=1S/C11H14N2O2S/c1-3-8-4-5-9-10(6-8)13-11(12-9)7-16(2,14)15/h4-6H,3,7H2,1-2H3,(H,12,13). The number of hydrogen-bond donors (Lipinski definition) is 1. The number of benzene rings is 1. The van der Waals surface area contributed by atoms with Crippen LogP contribution < -0.4 is 0 Å². The van der Waals surface area contributed by atoms with E-state index in [2.05, 4.69) is 16.9 Å². The van der Waals surface area contributed by atoms with Gasteiger partial charge in [-0.1, -0.05) is 13.0 Å². The Morgan fingerprint density at radius 2 is 2.12 bits per heavy atom. The summed E-state index contributed by atoms with van der Waals surface area (Å²) in [4.78, 5) is 7.28. The molecule has 16 heavy (non-hydrogen) atoms. The molecule has 0 unspecified atom stereocenters. The molecule has 2 rings (SSSR count). The first-order valence-corrected chi connectivity index (χ1v) is 7.19. The zero-order chi connectivity index (χ0) is 11.8. The lowest BCUT2D eigenvalue weighted by Gasteiger charge is -1.94. The number of aromatic nitrogens is 2. The van der Waals surface area contributed by atoms with E-state index < -0.39 is 9.84 Å². The van der Waals surface area contributed by atoms with E-state index >= 15 is 0 Å². The molecule has 0 spiro atoms. The molecule has 0 atom stereocenters. The van der Waals surface area contributed by atoms with Crippen molar-refractivity contribution in [3.05, 3.63) is 29.6 Å². The van der Waals surface area contributed by atoms with Crippen LogP contribution in [0.3, 0.4) is 0 Å². The number of nitrogens with one attached hydrogen (secondary N) is 1. The minimum absolute atomic E-state index is 0.0386. The monoisotopic (exact) mass is 238 g/mol. The highest BCUT2D eigenvalue weighted by molar-refractivity contribution is 7.89. The Morgan fingerprint density at radius 3 is 2.75 bits per heavy atom. The van der Waals surface area contributed by atoms with E-state index in [4.69, 9.17) is 0 Å². The average molecular weight is 238 g/mol. The summed E-state index contributed by atoms with van der Waals surface area (Å²) in [5.74, 6) is 0.467. The fraction of sp³-hybridized carbons (Fsp3) is 0.364. The molecule has 1 aromatic heterocycles. The SMILES string of the molecule is CCc1ccc2nc(CS(C)(=O)=O)[nH]c2c1. The third-order valence-electron chi connectivity index (χ3n) is 2.40. The Balaban J connectivity index is 2.44. The fourth-order valence-electron chi connectivity index (χ4n) is 1.65. The third kappa shape index (κ3) is 2.41. The Bertz CT molecular complexity index is 614. The molecule has 0 fully saturated rings. The Hall–Kier alpha value is -1.36. The van der Waals surface area contributed by atoms with Crippen molar-refractivity contribution >= 4 is 20.9 Å². The molecular formula is C11H14N2O2S. The minimum Gasteiger partial charge on any atom is -0.341 e. The van der Waals surface area contributed by atoms with Crippen LogP contribution in [-0.2, 0) is 22.0 Å². The highest BCUT2D eigenvalue weighted by Gasteiger charge is 2.09. The maximum absolute atomic E-state index is 11.1. The van der Waals surface area contributed by atoms with Crippen molar-refractivity contribution in [3.8, 4) is 0 Å². The summed E-state index contributed by atoms with van der Waals surface area (Å²) in [7, 11) is -3.03. The highest BCUT2D eigenvalue weighted by Crippen LogP contribution is 2.15. The largest absolute Gasteiger partial charge is 0.341 e. The molecule has 0 saturated carbocycles. The van der Waals surface area contributed by atoms with Gasteiger partial charge in [-0.2, -0.15) is 0 Å². The second-order valence-corrected chi connectivity index (χ2v) is 6.10. The van der Waals surface area contributed by atoms with Gasteiger partial charge in [-0.15, -0.1) is 0 Å². The van der Waals surface area contributed by atoms with Crippen LogP contribution in [0.2, 0.25) is 0 Å². The minimum atomic E-state index is -3.03. The van der Waals surface area contributed by atoms with Gasteiger partial charge in [-0.3, -0.25) is 0 Å². The molecule has 0 saturated heterocycles. The molecule has 1 N–H and O–H groups in total. The summed E-state index contributed by atoms with van der Waals surface area (Å²) in [6, 6.07) is 5.93. The van der Waals surface area contributed by atoms with Crippen molar-refractivity contribution in [1.82, 2.24) is 9.97 Å². The first-order chi connectivity index (χ1) is 7.48. The van der Waals surface area contributed by atoms with Crippen LogP contribution in [0.1, 0.15) is 18.3 Å². The van der Waals surface area contributed by atoms with Crippen LogP contribution in [0.5, 0.6) is 0 Å². The van der Waals surface area contributed by atoms with Gasteiger partial charge in [0, 0.05) is 6.26 Å². The maximum Gasteiger partial charge on any atom is 0.154 e. The van der Waals surface area contributed by atoms with Crippen molar-refractivity contribution in [2.75, 3.05) is 6.26 Å². The van der Waals surface area contributed by atoms with Gasteiger partial charge < -0.3 is 4.98 Å². The number of H-pyrrole nitrogens is 1. The van der Waals surface area contributed by atoms with Crippen LogP contribution in [0, 0.1) is 0 Å². The number of aryl methyl sites for hydroxylation is 1. The molecule has 1 aromatic carbocycles. The highest BCUT2D eigenvalue weighted by atomic mass is 32.2. The van der Waals surface area contributed by atoms with Crippen LogP contribution in [0.4, 0.5) is 0 Å². The van der Waals surface area contributed by atoms with Crippen LogP contribution >= 0.6 is 0 Å². The summed E-state index contributed by atoms with van der Waals surface area (Å²) >= 11 is 0. The lowest BCUT2D eigenvalue weighted by atomic mass is 10.1. The van der Waals surface area contributed by atoms with Crippen molar-refractivity contribution in [2.24, 2.45) is 0 Å². The van der Waals surface area contributed by atoms with Gasteiger partial charge in [0.25, 0.3) is 0 Å². The second-order valence-electron chi connectivity index (χ2n) is 3.96. The van der Waals surface area contributed by atoms with E-state index in [-0.39, 0.29) is 5.75 Å². The molecule has 0 radical (unpaired) electrons. The quantitative estimate of drug-likeness (QED) is 0.884. The Kier molecular flexibility index (Phi) is 2.71. The smallest absolute Gasteiger partial charge is 0.154 e. The topological polar surface area (TPSA) is 62.8 Å². The average Bonchev–Trinajstić information content (AvgIpc) is 2.55. The van der Waals surface area contributed by atoms with Gasteiger partial charge in [-0.05, 0) is 24.1 Å². The lowest BCUT2D eigenvalue weighted by molar-refractivity contribution is 0.600. The molecule has 0 aliphatic carbocycles. The summed E-state index contributed by atoms with van der Waals surface area (Å²) in [5, 5.41) is 0. The van der Waals surface area contributed by atoms with Crippen LogP contribution in [-0.4, -0.2) is 24.6 Å². The summed E-state index contributed by atoms with van der Waals surface area (Å²) in [6.07, 6.45) is 2.16. The normalized spacial score (nSPS) is 12.1. The number of hydrogen-bond acceptors (Lipinski definition) is 3. The van der Waals surface area contributed by atoms with Crippen molar-refractivity contribution in [1.29, 1.82) is 0 Å². The van der Waals surface area contributed by atoms with Gasteiger partial charge in [0.2, 0.25) is 0 Å². The van der Waals surface area contributed by atoms with E-state index in [9.17, 15) is 8.42 Å².